The van der Waals surface area contributed by atoms with Crippen LogP contribution in [0.2, 0.25) is 0 Å². The first-order chi connectivity index (χ1) is 9.54. The van der Waals surface area contributed by atoms with Gasteiger partial charge in [-0.1, -0.05) is 6.07 Å². The smallest absolute Gasteiger partial charge is 0.317 e. The first-order valence-corrected chi connectivity index (χ1v) is 6.72. The minimum atomic E-state index is -0.855. The number of aryl methyl sites for hydroxylation is 1. The SMILES string of the molecule is Cc1ccc(NC(=O)C2CCCN(CC(=O)O)C2)nc1. The molecular formula is C14H19N3O3. The molecule has 1 amide bonds. The van der Waals surface area contributed by atoms with Gasteiger partial charge in [0.2, 0.25) is 5.91 Å². The third kappa shape index (κ3) is 4.03. The molecule has 0 aromatic carbocycles. The van der Waals surface area contributed by atoms with Crippen LogP contribution in [0.4, 0.5) is 5.82 Å². The molecule has 1 unspecified atom stereocenters. The van der Waals surface area contributed by atoms with Crippen molar-refractivity contribution in [2.45, 2.75) is 19.8 Å². The number of aliphatic carboxylic acids is 1. The molecule has 6 heteroatoms. The predicted octanol–water partition coefficient (Wildman–Crippen LogP) is 1.13. The van der Waals surface area contributed by atoms with Crippen LogP contribution in [0.5, 0.6) is 0 Å². The molecule has 0 spiro atoms. The van der Waals surface area contributed by atoms with Crippen molar-refractivity contribution < 1.29 is 14.7 Å². The number of pyridine rings is 1. The minimum Gasteiger partial charge on any atom is -0.480 e. The lowest BCUT2D eigenvalue weighted by Gasteiger charge is -2.30. The Morgan fingerprint density at radius 2 is 2.30 bits per heavy atom. The highest BCUT2D eigenvalue weighted by Crippen LogP contribution is 2.18. The van der Waals surface area contributed by atoms with Crippen LogP contribution in [0.25, 0.3) is 0 Å². The van der Waals surface area contributed by atoms with Crippen molar-refractivity contribution in [3.05, 3.63) is 23.9 Å². The summed E-state index contributed by atoms with van der Waals surface area (Å²) in [5.74, 6) is -0.579. The molecule has 1 aromatic rings. The van der Waals surface area contributed by atoms with Crippen LogP contribution in [0.3, 0.4) is 0 Å². The number of rotatable bonds is 4. The highest BCUT2D eigenvalue weighted by molar-refractivity contribution is 5.91. The highest BCUT2D eigenvalue weighted by atomic mass is 16.4. The van der Waals surface area contributed by atoms with E-state index in [1.807, 2.05) is 13.0 Å². The van der Waals surface area contributed by atoms with Crippen LogP contribution in [0.1, 0.15) is 18.4 Å². The summed E-state index contributed by atoms with van der Waals surface area (Å²) in [6, 6.07) is 3.66. The Labute approximate surface area is 117 Å². The number of nitrogens with one attached hydrogen (secondary N) is 1. The number of piperidine rings is 1. The number of hydrogen-bond acceptors (Lipinski definition) is 4. The van der Waals surface area contributed by atoms with Crippen molar-refractivity contribution in [1.82, 2.24) is 9.88 Å². The molecule has 1 atom stereocenters. The normalized spacial score (nSPS) is 19.6. The van der Waals surface area contributed by atoms with E-state index in [9.17, 15) is 9.59 Å². The third-order valence-corrected chi connectivity index (χ3v) is 3.40. The first kappa shape index (κ1) is 14.5. The Balaban J connectivity index is 1.91. The van der Waals surface area contributed by atoms with E-state index < -0.39 is 5.97 Å². The quantitative estimate of drug-likeness (QED) is 0.862. The van der Waals surface area contributed by atoms with Gasteiger partial charge in [0.15, 0.2) is 0 Å². The fourth-order valence-electron chi connectivity index (χ4n) is 2.37. The Morgan fingerprint density at radius 3 is 2.95 bits per heavy atom. The molecule has 2 heterocycles. The fourth-order valence-corrected chi connectivity index (χ4v) is 2.37. The molecule has 6 nitrogen and oxygen atoms in total. The lowest BCUT2D eigenvalue weighted by molar-refractivity contribution is -0.139. The summed E-state index contributed by atoms with van der Waals surface area (Å²) in [4.78, 5) is 28.8. The van der Waals surface area contributed by atoms with Gasteiger partial charge in [0.05, 0.1) is 12.5 Å². The van der Waals surface area contributed by atoms with Gasteiger partial charge in [-0.3, -0.25) is 14.5 Å². The number of likely N-dealkylation sites (tertiary alicyclic amines) is 1. The number of carbonyl (C=O) groups is 2. The van der Waals surface area contributed by atoms with E-state index >= 15 is 0 Å². The molecule has 108 valence electrons. The van der Waals surface area contributed by atoms with E-state index in [1.54, 1.807) is 17.2 Å². The van der Waals surface area contributed by atoms with Gasteiger partial charge >= 0.3 is 5.97 Å². The van der Waals surface area contributed by atoms with E-state index in [-0.39, 0.29) is 18.4 Å². The average Bonchev–Trinajstić information content (AvgIpc) is 2.41. The zero-order chi connectivity index (χ0) is 14.5. The zero-order valence-corrected chi connectivity index (χ0v) is 11.5. The van der Waals surface area contributed by atoms with Gasteiger partial charge < -0.3 is 10.4 Å². The van der Waals surface area contributed by atoms with Crippen molar-refractivity contribution in [2.75, 3.05) is 25.0 Å². The first-order valence-electron chi connectivity index (χ1n) is 6.72. The molecular weight excluding hydrogens is 258 g/mol. The molecule has 2 rings (SSSR count). The number of hydrogen-bond donors (Lipinski definition) is 2. The van der Waals surface area contributed by atoms with Crippen LogP contribution in [-0.4, -0.2) is 46.5 Å². The van der Waals surface area contributed by atoms with Crippen molar-refractivity contribution in [3.8, 4) is 0 Å². The van der Waals surface area contributed by atoms with E-state index in [1.165, 1.54) is 0 Å². The number of carboxylic acids is 1. The summed E-state index contributed by atoms with van der Waals surface area (Å²) in [5.41, 5.74) is 1.04. The highest BCUT2D eigenvalue weighted by Gasteiger charge is 2.26. The Hall–Kier alpha value is -1.95. The summed E-state index contributed by atoms with van der Waals surface area (Å²) in [6.45, 7) is 3.15. The number of carbonyl (C=O) groups excluding carboxylic acids is 1. The predicted molar refractivity (Wildman–Crippen MR) is 74.4 cm³/mol. The second-order valence-electron chi connectivity index (χ2n) is 5.18. The summed E-state index contributed by atoms with van der Waals surface area (Å²) < 4.78 is 0. The fraction of sp³-hybridized carbons (Fsp3) is 0.500. The molecule has 1 aromatic heterocycles. The number of carboxylic acid groups (broad SMARTS) is 1. The molecule has 0 saturated carbocycles. The van der Waals surface area contributed by atoms with Crippen LogP contribution >= 0.6 is 0 Å². The molecule has 0 radical (unpaired) electrons. The van der Waals surface area contributed by atoms with Gasteiger partial charge in [-0.2, -0.15) is 0 Å². The average molecular weight is 277 g/mol. The maximum atomic E-state index is 12.2. The van der Waals surface area contributed by atoms with Crippen molar-refractivity contribution in [1.29, 1.82) is 0 Å². The Morgan fingerprint density at radius 1 is 1.50 bits per heavy atom. The number of amides is 1. The minimum absolute atomic E-state index is 0.00738. The van der Waals surface area contributed by atoms with Gasteiger partial charge in [-0.15, -0.1) is 0 Å². The summed E-state index contributed by atoms with van der Waals surface area (Å²) in [5, 5.41) is 11.6. The molecule has 0 aliphatic carbocycles. The summed E-state index contributed by atoms with van der Waals surface area (Å²) >= 11 is 0. The number of nitrogens with zero attached hydrogens (tertiary/aromatic N) is 2. The largest absolute Gasteiger partial charge is 0.480 e. The van der Waals surface area contributed by atoms with E-state index in [0.29, 0.717) is 12.4 Å². The molecule has 1 saturated heterocycles. The standard InChI is InChI=1S/C14H19N3O3/c1-10-4-5-12(15-7-10)16-14(20)11-3-2-6-17(8-11)9-13(18)19/h4-5,7,11H,2-3,6,8-9H2,1H3,(H,18,19)(H,15,16,20). The Bertz CT molecular complexity index is 487. The van der Waals surface area contributed by atoms with E-state index in [0.717, 1.165) is 24.9 Å². The lowest BCUT2D eigenvalue weighted by Crippen LogP contribution is -2.42. The molecule has 1 aliphatic rings. The van der Waals surface area contributed by atoms with Crippen LogP contribution in [-0.2, 0) is 9.59 Å². The van der Waals surface area contributed by atoms with Crippen molar-refractivity contribution >= 4 is 17.7 Å². The van der Waals surface area contributed by atoms with Gasteiger partial charge in [0, 0.05) is 12.7 Å². The van der Waals surface area contributed by atoms with Gasteiger partial charge in [-0.05, 0) is 37.9 Å². The molecule has 1 fully saturated rings. The monoisotopic (exact) mass is 277 g/mol. The lowest BCUT2D eigenvalue weighted by atomic mass is 9.97. The van der Waals surface area contributed by atoms with E-state index in [4.69, 9.17) is 5.11 Å². The Kier molecular flexibility index (Phi) is 4.68. The molecule has 1 aliphatic heterocycles. The molecule has 20 heavy (non-hydrogen) atoms. The van der Waals surface area contributed by atoms with Crippen LogP contribution < -0.4 is 5.32 Å². The van der Waals surface area contributed by atoms with Crippen molar-refractivity contribution in [2.24, 2.45) is 5.92 Å². The maximum Gasteiger partial charge on any atom is 0.317 e. The maximum absolute atomic E-state index is 12.2. The zero-order valence-electron chi connectivity index (χ0n) is 11.5. The number of aromatic nitrogens is 1. The topological polar surface area (TPSA) is 82.5 Å². The second kappa shape index (κ2) is 6.47. The van der Waals surface area contributed by atoms with Crippen LogP contribution in [0, 0.1) is 12.8 Å². The third-order valence-electron chi connectivity index (χ3n) is 3.40. The summed E-state index contributed by atoms with van der Waals surface area (Å²) in [6.07, 6.45) is 3.33. The summed E-state index contributed by atoms with van der Waals surface area (Å²) in [7, 11) is 0. The van der Waals surface area contributed by atoms with Crippen LogP contribution in [0.15, 0.2) is 18.3 Å². The van der Waals surface area contributed by atoms with Gasteiger partial charge in [-0.25, -0.2) is 4.98 Å². The second-order valence-corrected chi connectivity index (χ2v) is 5.18. The van der Waals surface area contributed by atoms with Gasteiger partial charge in [0.1, 0.15) is 5.82 Å². The number of anilines is 1. The molecule has 0 bridgehead atoms. The van der Waals surface area contributed by atoms with Gasteiger partial charge in [0.25, 0.3) is 0 Å². The molecule has 2 N–H and O–H groups in total. The van der Waals surface area contributed by atoms with Crippen molar-refractivity contribution in [3.63, 3.8) is 0 Å². The van der Waals surface area contributed by atoms with E-state index in [2.05, 4.69) is 10.3 Å².